The van der Waals surface area contributed by atoms with Crippen LogP contribution in [0.2, 0.25) is 0 Å². The fraction of sp³-hybridized carbons (Fsp3) is 0.737. The van der Waals surface area contributed by atoms with Crippen LogP contribution in [0.3, 0.4) is 0 Å². The molecule has 0 aromatic heterocycles. The molecule has 0 saturated heterocycles. The molecule has 0 aromatic carbocycles. The van der Waals surface area contributed by atoms with E-state index in [-0.39, 0.29) is 17.1 Å². The molecule has 0 spiro atoms. The van der Waals surface area contributed by atoms with Crippen LogP contribution in [0.1, 0.15) is 66.7 Å². The number of allylic oxidation sites excluding steroid dienone is 2. The highest BCUT2D eigenvalue weighted by molar-refractivity contribution is 5.97. The fourth-order valence-electron chi connectivity index (χ4n) is 4.08. The Morgan fingerprint density at radius 1 is 1.43 bits per heavy atom. The van der Waals surface area contributed by atoms with Crippen LogP contribution < -0.4 is 0 Å². The molecule has 1 fully saturated rings. The smallest absolute Gasteiger partial charge is 0.158 e. The van der Waals surface area contributed by atoms with E-state index in [1.807, 2.05) is 6.08 Å². The molecule has 2 nitrogen and oxygen atoms in total. The van der Waals surface area contributed by atoms with E-state index in [1.165, 1.54) is 5.57 Å². The summed E-state index contributed by atoms with van der Waals surface area (Å²) in [5, 5.41) is 0. The minimum atomic E-state index is -0.139. The van der Waals surface area contributed by atoms with Crippen LogP contribution in [0.5, 0.6) is 0 Å². The third kappa shape index (κ3) is 3.15. The van der Waals surface area contributed by atoms with Gasteiger partial charge in [-0.3, -0.25) is 4.79 Å². The van der Waals surface area contributed by atoms with Gasteiger partial charge in [-0.05, 0) is 57.9 Å². The van der Waals surface area contributed by atoms with Gasteiger partial charge in [0.2, 0.25) is 0 Å². The number of fused-ring (bicyclic) bond motifs is 1. The number of ketones is 1. The summed E-state index contributed by atoms with van der Waals surface area (Å²) in [6.07, 6.45) is 6.48. The summed E-state index contributed by atoms with van der Waals surface area (Å²) in [7, 11) is 0. The summed E-state index contributed by atoms with van der Waals surface area (Å²) >= 11 is 0. The molecule has 0 N–H and O–H groups in total. The zero-order chi connectivity index (χ0) is 15.8. The number of carbonyl (C=O) groups excluding carboxylic acids is 1. The van der Waals surface area contributed by atoms with Gasteiger partial charge in [-0.25, -0.2) is 0 Å². The second kappa shape index (κ2) is 5.72. The Labute approximate surface area is 129 Å². The first kappa shape index (κ1) is 16.5. The van der Waals surface area contributed by atoms with Gasteiger partial charge in [0.15, 0.2) is 5.78 Å². The number of ether oxygens (including phenoxy) is 1. The molecule has 2 aliphatic rings. The molecule has 21 heavy (non-hydrogen) atoms. The van der Waals surface area contributed by atoms with Gasteiger partial charge in [0, 0.05) is 11.8 Å². The first-order valence-electron chi connectivity index (χ1n) is 8.23. The van der Waals surface area contributed by atoms with E-state index in [1.54, 1.807) is 0 Å². The lowest BCUT2D eigenvalue weighted by Crippen LogP contribution is -2.41. The van der Waals surface area contributed by atoms with Gasteiger partial charge < -0.3 is 4.74 Å². The lowest BCUT2D eigenvalue weighted by Gasteiger charge is -2.41. The molecule has 0 bridgehead atoms. The van der Waals surface area contributed by atoms with E-state index >= 15 is 0 Å². The number of hydrogen-bond acceptors (Lipinski definition) is 2. The van der Waals surface area contributed by atoms with Crippen molar-refractivity contribution in [1.82, 2.24) is 0 Å². The largest absolute Gasteiger partial charge is 0.371 e. The number of rotatable bonds is 4. The van der Waals surface area contributed by atoms with Crippen LogP contribution in [-0.2, 0) is 9.53 Å². The summed E-state index contributed by atoms with van der Waals surface area (Å²) in [4.78, 5) is 12.4. The Kier molecular flexibility index (Phi) is 4.49. The van der Waals surface area contributed by atoms with Crippen molar-refractivity contribution in [1.29, 1.82) is 0 Å². The van der Waals surface area contributed by atoms with E-state index in [4.69, 9.17) is 4.74 Å². The lowest BCUT2D eigenvalue weighted by molar-refractivity contribution is -0.124. The molecule has 1 saturated carbocycles. The van der Waals surface area contributed by atoms with Crippen molar-refractivity contribution in [2.75, 3.05) is 0 Å². The third-order valence-electron chi connectivity index (χ3n) is 5.01. The molecule has 2 unspecified atom stereocenters. The van der Waals surface area contributed by atoms with Crippen molar-refractivity contribution >= 4 is 5.78 Å². The van der Waals surface area contributed by atoms with E-state index in [9.17, 15) is 4.79 Å². The first-order chi connectivity index (χ1) is 9.69. The summed E-state index contributed by atoms with van der Waals surface area (Å²) in [5.41, 5.74) is 2.36. The second-order valence-corrected chi connectivity index (χ2v) is 7.96. The van der Waals surface area contributed by atoms with E-state index < -0.39 is 0 Å². The monoisotopic (exact) mass is 290 g/mol. The van der Waals surface area contributed by atoms with Crippen LogP contribution in [0.4, 0.5) is 0 Å². The van der Waals surface area contributed by atoms with Gasteiger partial charge in [0.1, 0.15) is 0 Å². The van der Waals surface area contributed by atoms with Crippen LogP contribution in [-0.4, -0.2) is 17.5 Å². The van der Waals surface area contributed by atoms with Gasteiger partial charge in [-0.1, -0.05) is 25.5 Å². The summed E-state index contributed by atoms with van der Waals surface area (Å²) in [6.45, 7) is 14.7. The highest BCUT2D eigenvalue weighted by Crippen LogP contribution is 2.55. The van der Waals surface area contributed by atoms with E-state index in [0.29, 0.717) is 18.1 Å². The molecular weight excluding hydrogens is 260 g/mol. The van der Waals surface area contributed by atoms with E-state index in [2.05, 4.69) is 41.2 Å². The first-order valence-corrected chi connectivity index (χ1v) is 8.23. The van der Waals surface area contributed by atoms with Gasteiger partial charge in [0.25, 0.3) is 0 Å². The Morgan fingerprint density at radius 2 is 2.10 bits per heavy atom. The number of Topliss-reactive ketones (excluding diaryl/α,β-unsaturated/α-hetero) is 1. The molecule has 0 heterocycles. The standard InChI is InChI=1S/C19H30O2/c1-7-8-9-14-15-12-13(2)17(21-18(3,4)5)19(15,6)11-10-16(14)20/h7,13,17H,1,8-12H2,2-6H3/t13?,17?,19-/m0/s1. The topological polar surface area (TPSA) is 26.3 Å². The maximum absolute atomic E-state index is 12.4. The molecule has 118 valence electrons. The zero-order valence-electron chi connectivity index (χ0n) is 14.3. The molecule has 2 heteroatoms. The van der Waals surface area contributed by atoms with Crippen molar-refractivity contribution in [2.45, 2.75) is 78.4 Å². The Morgan fingerprint density at radius 3 is 2.67 bits per heavy atom. The second-order valence-electron chi connectivity index (χ2n) is 7.96. The van der Waals surface area contributed by atoms with Crippen LogP contribution >= 0.6 is 0 Å². The van der Waals surface area contributed by atoms with Crippen LogP contribution in [0, 0.1) is 11.3 Å². The highest BCUT2D eigenvalue weighted by atomic mass is 16.5. The Bertz CT molecular complexity index is 466. The fourth-order valence-corrected chi connectivity index (χ4v) is 4.08. The quantitative estimate of drug-likeness (QED) is 0.692. The van der Waals surface area contributed by atoms with Crippen molar-refractivity contribution in [2.24, 2.45) is 11.3 Å². The Hall–Kier alpha value is -0.890. The summed E-state index contributed by atoms with van der Waals surface area (Å²) in [5.74, 6) is 0.835. The molecular formula is C19H30O2. The lowest BCUT2D eigenvalue weighted by atomic mass is 9.70. The number of hydrogen-bond donors (Lipinski definition) is 0. The SMILES string of the molecule is C=CCCC1=C2CC(C)C(OC(C)(C)C)[C@@]2(C)CCC1=O. The molecule has 0 amide bonds. The predicted molar refractivity (Wildman–Crippen MR) is 87.2 cm³/mol. The molecule has 2 rings (SSSR count). The normalized spacial score (nSPS) is 33.3. The predicted octanol–water partition coefficient (Wildman–Crippen LogP) is 4.84. The number of carbonyl (C=O) groups is 1. The van der Waals surface area contributed by atoms with Crippen molar-refractivity contribution < 1.29 is 9.53 Å². The van der Waals surface area contributed by atoms with Crippen molar-refractivity contribution in [3.8, 4) is 0 Å². The summed E-state index contributed by atoms with van der Waals surface area (Å²) in [6, 6.07) is 0. The van der Waals surface area contributed by atoms with Gasteiger partial charge in [-0.2, -0.15) is 0 Å². The average molecular weight is 290 g/mol. The molecule has 0 aliphatic heterocycles. The minimum absolute atomic E-state index is 0.0388. The Balaban J connectivity index is 2.38. The maximum atomic E-state index is 12.4. The van der Waals surface area contributed by atoms with Gasteiger partial charge >= 0.3 is 0 Å². The van der Waals surface area contributed by atoms with Crippen LogP contribution in [0.15, 0.2) is 23.8 Å². The molecule has 0 aromatic rings. The van der Waals surface area contributed by atoms with Crippen LogP contribution in [0.25, 0.3) is 0 Å². The average Bonchev–Trinajstić information content (AvgIpc) is 2.61. The molecule has 2 aliphatic carbocycles. The highest BCUT2D eigenvalue weighted by Gasteiger charge is 2.52. The van der Waals surface area contributed by atoms with Crippen molar-refractivity contribution in [3.05, 3.63) is 23.8 Å². The third-order valence-corrected chi connectivity index (χ3v) is 5.01. The summed E-state index contributed by atoms with van der Waals surface area (Å²) < 4.78 is 6.41. The maximum Gasteiger partial charge on any atom is 0.158 e. The van der Waals surface area contributed by atoms with Gasteiger partial charge in [-0.15, -0.1) is 6.58 Å². The van der Waals surface area contributed by atoms with Gasteiger partial charge in [0.05, 0.1) is 11.7 Å². The minimum Gasteiger partial charge on any atom is -0.371 e. The van der Waals surface area contributed by atoms with Crippen molar-refractivity contribution in [3.63, 3.8) is 0 Å². The molecule has 0 radical (unpaired) electrons. The van der Waals surface area contributed by atoms with E-state index in [0.717, 1.165) is 31.3 Å². The zero-order valence-corrected chi connectivity index (χ0v) is 14.3. The molecule has 3 atom stereocenters.